The second-order valence-electron chi connectivity index (χ2n) is 7.51. The molecule has 1 heterocycles. The molecule has 0 bridgehead atoms. The standard InChI is InChI=1S/C25H30N2O/c1-4-5-6-7-10-17-26-25(28)23-19(3)24(20-15-13-18(2)14-16-20)27-22-12-9-8-11-21(22)23/h8-9,11-16H,4-7,10,17H2,1-3H3,(H,26,28). The molecule has 0 radical (unpaired) electrons. The SMILES string of the molecule is CCCCCCCNC(=O)c1c(C)c(-c2ccc(C)cc2)nc2ccccc12. The minimum atomic E-state index is -0.0000433. The summed E-state index contributed by atoms with van der Waals surface area (Å²) in [5, 5.41) is 4.05. The van der Waals surface area contributed by atoms with Crippen LogP contribution >= 0.6 is 0 Å². The molecule has 1 aromatic heterocycles. The second-order valence-corrected chi connectivity index (χ2v) is 7.51. The Bertz CT molecular complexity index is 945. The van der Waals surface area contributed by atoms with Crippen LogP contribution in [0.25, 0.3) is 22.2 Å². The molecule has 146 valence electrons. The van der Waals surface area contributed by atoms with E-state index < -0.39 is 0 Å². The summed E-state index contributed by atoms with van der Waals surface area (Å²) in [6, 6.07) is 16.2. The highest BCUT2D eigenvalue weighted by molar-refractivity contribution is 6.08. The lowest BCUT2D eigenvalue weighted by Crippen LogP contribution is -2.26. The van der Waals surface area contributed by atoms with Gasteiger partial charge in [0.25, 0.3) is 5.91 Å². The largest absolute Gasteiger partial charge is 0.352 e. The van der Waals surface area contributed by atoms with Gasteiger partial charge >= 0.3 is 0 Å². The first-order valence-corrected chi connectivity index (χ1v) is 10.4. The minimum Gasteiger partial charge on any atom is -0.352 e. The molecule has 0 aliphatic heterocycles. The molecular formula is C25H30N2O. The van der Waals surface area contributed by atoms with Gasteiger partial charge in [0.1, 0.15) is 0 Å². The zero-order valence-corrected chi connectivity index (χ0v) is 17.2. The van der Waals surface area contributed by atoms with Gasteiger partial charge in [-0.1, -0.05) is 80.6 Å². The van der Waals surface area contributed by atoms with Crippen LogP contribution in [-0.4, -0.2) is 17.4 Å². The number of carbonyl (C=O) groups is 1. The van der Waals surface area contributed by atoms with Crippen molar-refractivity contribution >= 4 is 16.8 Å². The number of pyridine rings is 1. The summed E-state index contributed by atoms with van der Waals surface area (Å²) in [6.07, 6.45) is 5.93. The number of carbonyl (C=O) groups excluding carboxylic acids is 1. The van der Waals surface area contributed by atoms with Crippen LogP contribution in [0.3, 0.4) is 0 Å². The van der Waals surface area contributed by atoms with Crippen LogP contribution in [0.1, 0.15) is 60.5 Å². The lowest BCUT2D eigenvalue weighted by atomic mass is 9.96. The molecule has 0 saturated heterocycles. The zero-order valence-electron chi connectivity index (χ0n) is 17.2. The molecule has 3 nitrogen and oxygen atoms in total. The van der Waals surface area contributed by atoms with Gasteiger partial charge in [0.15, 0.2) is 0 Å². The van der Waals surface area contributed by atoms with E-state index in [0.717, 1.165) is 46.3 Å². The molecule has 0 atom stereocenters. The van der Waals surface area contributed by atoms with Crippen molar-refractivity contribution in [2.45, 2.75) is 52.9 Å². The summed E-state index contributed by atoms with van der Waals surface area (Å²) in [5.74, 6) is -0.0000433. The third kappa shape index (κ3) is 4.59. The minimum absolute atomic E-state index is 0.0000433. The maximum Gasteiger partial charge on any atom is 0.252 e. The smallest absolute Gasteiger partial charge is 0.252 e. The molecule has 1 N–H and O–H groups in total. The molecule has 1 amide bonds. The van der Waals surface area contributed by atoms with Crippen molar-refractivity contribution < 1.29 is 4.79 Å². The molecule has 0 spiro atoms. The highest BCUT2D eigenvalue weighted by Crippen LogP contribution is 2.29. The summed E-state index contributed by atoms with van der Waals surface area (Å²) in [5.41, 5.74) is 5.68. The number of aryl methyl sites for hydroxylation is 1. The summed E-state index contributed by atoms with van der Waals surface area (Å²) in [7, 11) is 0. The molecule has 28 heavy (non-hydrogen) atoms. The van der Waals surface area contributed by atoms with Crippen LogP contribution in [-0.2, 0) is 0 Å². The Morgan fingerprint density at radius 3 is 2.39 bits per heavy atom. The number of unbranched alkanes of at least 4 members (excludes halogenated alkanes) is 4. The first-order valence-electron chi connectivity index (χ1n) is 10.4. The van der Waals surface area contributed by atoms with E-state index in [1.54, 1.807) is 0 Å². The number of para-hydroxylation sites is 1. The number of rotatable bonds is 8. The molecule has 0 saturated carbocycles. The van der Waals surface area contributed by atoms with E-state index in [1.807, 2.05) is 31.2 Å². The van der Waals surface area contributed by atoms with Crippen LogP contribution in [0.15, 0.2) is 48.5 Å². The fourth-order valence-electron chi connectivity index (χ4n) is 3.61. The Labute approximate surface area is 168 Å². The first-order chi connectivity index (χ1) is 13.6. The summed E-state index contributed by atoms with van der Waals surface area (Å²) in [4.78, 5) is 17.9. The maximum atomic E-state index is 13.1. The molecule has 0 unspecified atom stereocenters. The van der Waals surface area contributed by atoms with Crippen molar-refractivity contribution in [1.82, 2.24) is 10.3 Å². The fourth-order valence-corrected chi connectivity index (χ4v) is 3.61. The number of amides is 1. The summed E-state index contributed by atoms with van der Waals surface area (Å²) in [6.45, 7) is 7.01. The van der Waals surface area contributed by atoms with Crippen molar-refractivity contribution in [2.75, 3.05) is 6.54 Å². The average Bonchev–Trinajstić information content (AvgIpc) is 2.70. The van der Waals surface area contributed by atoms with Gasteiger partial charge in [-0.05, 0) is 31.9 Å². The van der Waals surface area contributed by atoms with Crippen LogP contribution in [0, 0.1) is 13.8 Å². The predicted molar refractivity (Wildman–Crippen MR) is 118 cm³/mol. The molecule has 2 aromatic carbocycles. The predicted octanol–water partition coefficient (Wildman–Crippen LogP) is 6.22. The van der Waals surface area contributed by atoms with E-state index in [4.69, 9.17) is 4.98 Å². The van der Waals surface area contributed by atoms with E-state index in [9.17, 15) is 4.79 Å². The molecule has 3 aromatic rings. The molecule has 3 rings (SSSR count). The van der Waals surface area contributed by atoms with Gasteiger partial charge in [-0.2, -0.15) is 0 Å². The van der Waals surface area contributed by atoms with Gasteiger partial charge in [-0.15, -0.1) is 0 Å². The van der Waals surface area contributed by atoms with Gasteiger partial charge in [0, 0.05) is 17.5 Å². The number of nitrogens with zero attached hydrogens (tertiary/aromatic N) is 1. The van der Waals surface area contributed by atoms with Crippen molar-refractivity contribution in [1.29, 1.82) is 0 Å². The number of hydrogen-bond acceptors (Lipinski definition) is 2. The Morgan fingerprint density at radius 2 is 1.64 bits per heavy atom. The van der Waals surface area contributed by atoms with E-state index in [0.29, 0.717) is 0 Å². The molecule has 3 heteroatoms. The van der Waals surface area contributed by atoms with Crippen molar-refractivity contribution in [2.24, 2.45) is 0 Å². The summed E-state index contributed by atoms with van der Waals surface area (Å²) < 4.78 is 0. The maximum absolute atomic E-state index is 13.1. The Hall–Kier alpha value is -2.68. The monoisotopic (exact) mass is 374 g/mol. The lowest BCUT2D eigenvalue weighted by molar-refractivity contribution is 0.0954. The lowest BCUT2D eigenvalue weighted by Gasteiger charge is -2.15. The number of benzene rings is 2. The van der Waals surface area contributed by atoms with Crippen molar-refractivity contribution in [3.63, 3.8) is 0 Å². The first kappa shape index (κ1) is 20.1. The number of aromatic nitrogens is 1. The van der Waals surface area contributed by atoms with Gasteiger partial charge in [-0.25, -0.2) is 4.98 Å². The third-order valence-electron chi connectivity index (χ3n) is 5.25. The second kappa shape index (κ2) is 9.50. The number of nitrogens with one attached hydrogen (secondary N) is 1. The Kier molecular flexibility index (Phi) is 6.80. The van der Waals surface area contributed by atoms with E-state index in [2.05, 4.69) is 43.4 Å². The van der Waals surface area contributed by atoms with Crippen LogP contribution in [0.4, 0.5) is 0 Å². The van der Waals surface area contributed by atoms with Gasteiger partial charge in [-0.3, -0.25) is 4.79 Å². The zero-order chi connectivity index (χ0) is 19.9. The van der Waals surface area contributed by atoms with Gasteiger partial charge in [0.2, 0.25) is 0 Å². The number of fused-ring (bicyclic) bond motifs is 1. The normalized spacial score (nSPS) is 11.0. The van der Waals surface area contributed by atoms with Crippen molar-refractivity contribution in [3.05, 3.63) is 65.2 Å². The highest BCUT2D eigenvalue weighted by atomic mass is 16.1. The molecular weight excluding hydrogens is 344 g/mol. The van der Waals surface area contributed by atoms with Gasteiger partial charge < -0.3 is 5.32 Å². The van der Waals surface area contributed by atoms with Crippen molar-refractivity contribution in [3.8, 4) is 11.3 Å². The van der Waals surface area contributed by atoms with Crippen LogP contribution in [0.2, 0.25) is 0 Å². The molecule has 0 fully saturated rings. The van der Waals surface area contributed by atoms with E-state index in [1.165, 1.54) is 31.2 Å². The average molecular weight is 375 g/mol. The molecule has 0 aliphatic carbocycles. The van der Waals surface area contributed by atoms with Crippen LogP contribution in [0.5, 0.6) is 0 Å². The topological polar surface area (TPSA) is 42.0 Å². The van der Waals surface area contributed by atoms with Crippen LogP contribution < -0.4 is 5.32 Å². The Morgan fingerprint density at radius 1 is 0.929 bits per heavy atom. The molecule has 0 aliphatic rings. The third-order valence-corrected chi connectivity index (χ3v) is 5.25. The Balaban J connectivity index is 1.90. The number of hydrogen-bond donors (Lipinski definition) is 1. The van der Waals surface area contributed by atoms with Gasteiger partial charge in [0.05, 0.1) is 16.8 Å². The van der Waals surface area contributed by atoms with E-state index >= 15 is 0 Å². The summed E-state index contributed by atoms with van der Waals surface area (Å²) >= 11 is 0. The fraction of sp³-hybridized carbons (Fsp3) is 0.360. The highest BCUT2D eigenvalue weighted by Gasteiger charge is 2.18. The quantitative estimate of drug-likeness (QED) is 0.476. The van der Waals surface area contributed by atoms with E-state index in [-0.39, 0.29) is 5.91 Å².